The molecule has 1 saturated heterocycles. The highest BCUT2D eigenvalue weighted by Crippen LogP contribution is 2.20. The Morgan fingerprint density at radius 1 is 1.00 bits per heavy atom. The van der Waals surface area contributed by atoms with Crippen molar-refractivity contribution >= 4 is 17.3 Å². The summed E-state index contributed by atoms with van der Waals surface area (Å²) < 4.78 is 0. The van der Waals surface area contributed by atoms with E-state index in [2.05, 4.69) is 94.1 Å². The van der Waals surface area contributed by atoms with E-state index in [9.17, 15) is 0 Å². The van der Waals surface area contributed by atoms with Gasteiger partial charge in [-0.2, -0.15) is 0 Å². The number of guanidine groups is 1. The van der Waals surface area contributed by atoms with E-state index in [4.69, 9.17) is 4.99 Å². The summed E-state index contributed by atoms with van der Waals surface area (Å²) in [6.45, 7) is 7.73. The SMILES string of the molecule is CCNC(=NCc1cccc(N2CC=CC2)c1)NC1CCN(c2ccccc2)C1. The molecule has 2 aliphatic heterocycles. The van der Waals surface area contributed by atoms with Crippen LogP contribution in [0.3, 0.4) is 0 Å². The molecule has 2 aromatic rings. The molecule has 0 bridgehead atoms. The van der Waals surface area contributed by atoms with Crippen molar-refractivity contribution in [2.75, 3.05) is 42.5 Å². The Morgan fingerprint density at radius 3 is 2.59 bits per heavy atom. The number of hydrogen-bond donors (Lipinski definition) is 2. The lowest BCUT2D eigenvalue weighted by Gasteiger charge is -2.20. The van der Waals surface area contributed by atoms with Crippen molar-refractivity contribution in [2.24, 2.45) is 4.99 Å². The second kappa shape index (κ2) is 9.50. The highest BCUT2D eigenvalue weighted by molar-refractivity contribution is 5.80. The molecule has 0 aliphatic carbocycles. The lowest BCUT2D eigenvalue weighted by Crippen LogP contribution is -2.44. The van der Waals surface area contributed by atoms with Gasteiger partial charge in [-0.05, 0) is 43.2 Å². The fourth-order valence-corrected chi connectivity index (χ4v) is 3.98. The van der Waals surface area contributed by atoms with Crippen LogP contribution in [0.1, 0.15) is 18.9 Å². The van der Waals surface area contributed by atoms with Crippen molar-refractivity contribution in [3.63, 3.8) is 0 Å². The monoisotopic (exact) mass is 389 g/mol. The van der Waals surface area contributed by atoms with E-state index in [0.717, 1.165) is 45.1 Å². The molecular formula is C24H31N5. The van der Waals surface area contributed by atoms with Crippen LogP contribution < -0.4 is 20.4 Å². The number of aliphatic imine (C=N–C) groups is 1. The molecule has 0 saturated carbocycles. The summed E-state index contributed by atoms with van der Waals surface area (Å²) in [5, 5.41) is 7.04. The predicted octanol–water partition coefficient (Wildman–Crippen LogP) is 3.40. The molecular weight excluding hydrogens is 358 g/mol. The normalized spacial score (nSPS) is 19.1. The minimum atomic E-state index is 0.412. The standard InChI is InChI=1S/C24H31N5/c1-2-25-24(27-21-13-16-29(19-21)22-10-4-3-5-11-22)26-18-20-9-8-12-23(17-20)28-14-6-7-15-28/h3-12,17,21H,2,13-16,18-19H2,1H3,(H2,25,26,27). The van der Waals surface area contributed by atoms with Crippen molar-refractivity contribution in [1.82, 2.24) is 10.6 Å². The first-order valence-corrected chi connectivity index (χ1v) is 10.7. The highest BCUT2D eigenvalue weighted by Gasteiger charge is 2.23. The van der Waals surface area contributed by atoms with Crippen LogP contribution in [0.5, 0.6) is 0 Å². The molecule has 1 unspecified atom stereocenters. The van der Waals surface area contributed by atoms with Gasteiger partial charge in [0, 0.05) is 50.1 Å². The summed E-state index contributed by atoms with van der Waals surface area (Å²) in [6, 6.07) is 19.8. The molecule has 152 valence electrons. The molecule has 2 heterocycles. The second-order valence-electron chi connectivity index (χ2n) is 7.65. The Balaban J connectivity index is 1.36. The number of rotatable bonds is 6. The molecule has 5 heteroatoms. The lowest BCUT2D eigenvalue weighted by atomic mass is 10.2. The number of hydrogen-bond acceptors (Lipinski definition) is 3. The van der Waals surface area contributed by atoms with E-state index in [-0.39, 0.29) is 0 Å². The van der Waals surface area contributed by atoms with Gasteiger partial charge in [-0.3, -0.25) is 0 Å². The van der Waals surface area contributed by atoms with Crippen LogP contribution in [0.2, 0.25) is 0 Å². The van der Waals surface area contributed by atoms with Crippen LogP contribution in [-0.2, 0) is 6.54 Å². The molecule has 0 amide bonds. The minimum Gasteiger partial charge on any atom is -0.369 e. The zero-order chi connectivity index (χ0) is 19.9. The van der Waals surface area contributed by atoms with Gasteiger partial charge in [0.05, 0.1) is 6.54 Å². The van der Waals surface area contributed by atoms with Gasteiger partial charge in [-0.15, -0.1) is 0 Å². The Morgan fingerprint density at radius 2 is 1.79 bits per heavy atom. The lowest BCUT2D eigenvalue weighted by molar-refractivity contribution is 0.649. The number of para-hydroxylation sites is 1. The molecule has 2 N–H and O–H groups in total. The molecule has 1 atom stereocenters. The minimum absolute atomic E-state index is 0.412. The summed E-state index contributed by atoms with van der Waals surface area (Å²) in [7, 11) is 0. The molecule has 29 heavy (non-hydrogen) atoms. The Hall–Kier alpha value is -2.95. The van der Waals surface area contributed by atoms with Gasteiger partial charge < -0.3 is 20.4 Å². The molecule has 2 aromatic carbocycles. The van der Waals surface area contributed by atoms with Crippen molar-refractivity contribution in [3.05, 3.63) is 72.3 Å². The van der Waals surface area contributed by atoms with E-state index >= 15 is 0 Å². The van der Waals surface area contributed by atoms with Gasteiger partial charge in [0.25, 0.3) is 0 Å². The van der Waals surface area contributed by atoms with Crippen LogP contribution >= 0.6 is 0 Å². The van der Waals surface area contributed by atoms with Crippen LogP contribution in [-0.4, -0.2) is 44.7 Å². The van der Waals surface area contributed by atoms with E-state index in [1.165, 1.54) is 16.9 Å². The van der Waals surface area contributed by atoms with E-state index in [1.54, 1.807) is 0 Å². The van der Waals surface area contributed by atoms with Gasteiger partial charge >= 0.3 is 0 Å². The zero-order valence-electron chi connectivity index (χ0n) is 17.2. The third-order valence-corrected chi connectivity index (χ3v) is 5.51. The van der Waals surface area contributed by atoms with Gasteiger partial charge in [-0.1, -0.05) is 42.5 Å². The van der Waals surface area contributed by atoms with Gasteiger partial charge in [-0.25, -0.2) is 4.99 Å². The number of nitrogens with one attached hydrogen (secondary N) is 2. The highest BCUT2D eigenvalue weighted by atomic mass is 15.2. The topological polar surface area (TPSA) is 42.9 Å². The average Bonchev–Trinajstić information content (AvgIpc) is 3.46. The number of nitrogens with zero attached hydrogens (tertiary/aromatic N) is 3. The Bertz CT molecular complexity index is 837. The first kappa shape index (κ1) is 19.4. The number of benzene rings is 2. The van der Waals surface area contributed by atoms with E-state index in [0.29, 0.717) is 12.6 Å². The van der Waals surface area contributed by atoms with Crippen molar-refractivity contribution in [2.45, 2.75) is 25.9 Å². The van der Waals surface area contributed by atoms with E-state index in [1.807, 2.05) is 0 Å². The third kappa shape index (κ3) is 5.11. The summed E-state index contributed by atoms with van der Waals surface area (Å²) in [5.74, 6) is 0.903. The fourth-order valence-electron chi connectivity index (χ4n) is 3.98. The van der Waals surface area contributed by atoms with Gasteiger partial charge in [0.2, 0.25) is 0 Å². The molecule has 4 rings (SSSR count). The maximum Gasteiger partial charge on any atom is 0.191 e. The second-order valence-corrected chi connectivity index (χ2v) is 7.65. The summed E-state index contributed by atoms with van der Waals surface area (Å²) in [4.78, 5) is 9.66. The van der Waals surface area contributed by atoms with Gasteiger partial charge in [0.1, 0.15) is 0 Å². The maximum absolute atomic E-state index is 4.85. The summed E-state index contributed by atoms with van der Waals surface area (Å²) >= 11 is 0. The molecule has 2 aliphatic rings. The molecule has 0 spiro atoms. The summed E-state index contributed by atoms with van der Waals surface area (Å²) in [5.41, 5.74) is 3.81. The molecule has 0 radical (unpaired) electrons. The number of anilines is 2. The molecule has 1 fully saturated rings. The van der Waals surface area contributed by atoms with Crippen LogP contribution in [0.15, 0.2) is 71.7 Å². The van der Waals surface area contributed by atoms with Crippen LogP contribution in [0, 0.1) is 0 Å². The van der Waals surface area contributed by atoms with Crippen molar-refractivity contribution in [1.29, 1.82) is 0 Å². The molecule has 5 nitrogen and oxygen atoms in total. The predicted molar refractivity (Wildman–Crippen MR) is 123 cm³/mol. The molecule has 0 aromatic heterocycles. The van der Waals surface area contributed by atoms with Crippen molar-refractivity contribution in [3.8, 4) is 0 Å². The van der Waals surface area contributed by atoms with Gasteiger partial charge in [0.15, 0.2) is 5.96 Å². The quantitative estimate of drug-likeness (QED) is 0.451. The average molecular weight is 390 g/mol. The Labute approximate surface area is 174 Å². The first-order valence-electron chi connectivity index (χ1n) is 10.7. The van der Waals surface area contributed by atoms with Crippen LogP contribution in [0.4, 0.5) is 11.4 Å². The fraction of sp³-hybridized carbons (Fsp3) is 0.375. The smallest absolute Gasteiger partial charge is 0.191 e. The van der Waals surface area contributed by atoms with Crippen molar-refractivity contribution < 1.29 is 0 Å². The maximum atomic E-state index is 4.85. The summed E-state index contributed by atoms with van der Waals surface area (Å²) in [6.07, 6.45) is 5.56. The third-order valence-electron chi connectivity index (χ3n) is 5.51. The first-order chi connectivity index (χ1) is 14.3. The largest absolute Gasteiger partial charge is 0.369 e. The van der Waals surface area contributed by atoms with Crippen LogP contribution in [0.25, 0.3) is 0 Å². The van der Waals surface area contributed by atoms with E-state index < -0.39 is 0 Å². The zero-order valence-corrected chi connectivity index (χ0v) is 17.2. The Kier molecular flexibility index (Phi) is 6.35.